The summed E-state index contributed by atoms with van der Waals surface area (Å²) in [5.74, 6) is -0.0534. The fourth-order valence-corrected chi connectivity index (χ4v) is 4.83. The standard InChI is InChI=1S/C25H24ClN5O2/c1-2-23(33)30-11-3-4-19(16-30)31-25-21(14-27-15-22(25)26)24(28-31)17-5-7-18(8-6-17)29-12-9-20(32)10-13-29/h2,5-10,12-13,15,19,27H,1,3-4,11,14,16H2/t19-/m1/s1. The Morgan fingerprint density at radius 3 is 2.67 bits per heavy atom. The molecular formula is C25H24ClN5O2. The van der Waals surface area contributed by atoms with Crippen LogP contribution in [0.5, 0.6) is 0 Å². The molecule has 0 saturated carbocycles. The minimum absolute atomic E-state index is 0.0199. The first-order valence-corrected chi connectivity index (χ1v) is 11.3. The van der Waals surface area contributed by atoms with E-state index in [2.05, 4.69) is 11.9 Å². The molecule has 1 aromatic carbocycles. The third-order valence-corrected chi connectivity index (χ3v) is 6.50. The average molecular weight is 462 g/mol. The summed E-state index contributed by atoms with van der Waals surface area (Å²) in [6.07, 6.45) is 8.51. The van der Waals surface area contributed by atoms with E-state index in [4.69, 9.17) is 16.7 Å². The minimum Gasteiger partial charge on any atom is -0.385 e. The van der Waals surface area contributed by atoms with Crippen molar-refractivity contribution in [3.05, 3.63) is 89.1 Å². The van der Waals surface area contributed by atoms with Gasteiger partial charge in [0.05, 0.1) is 22.5 Å². The Kier molecular flexibility index (Phi) is 5.64. The molecular weight excluding hydrogens is 438 g/mol. The van der Waals surface area contributed by atoms with E-state index >= 15 is 0 Å². The predicted octanol–water partition coefficient (Wildman–Crippen LogP) is 3.69. The van der Waals surface area contributed by atoms with Crippen LogP contribution in [-0.4, -0.2) is 38.2 Å². The Labute approximate surface area is 196 Å². The number of hydrogen-bond donors (Lipinski definition) is 1. The molecule has 33 heavy (non-hydrogen) atoms. The van der Waals surface area contributed by atoms with Crippen molar-refractivity contribution in [2.24, 2.45) is 0 Å². The van der Waals surface area contributed by atoms with Gasteiger partial charge in [-0.05, 0) is 31.1 Å². The van der Waals surface area contributed by atoms with Crippen molar-refractivity contribution in [1.82, 2.24) is 24.6 Å². The van der Waals surface area contributed by atoms with Gasteiger partial charge < -0.3 is 14.8 Å². The van der Waals surface area contributed by atoms with Gasteiger partial charge in [0.15, 0.2) is 5.43 Å². The van der Waals surface area contributed by atoms with Gasteiger partial charge in [0, 0.05) is 67.2 Å². The van der Waals surface area contributed by atoms with Crippen LogP contribution in [0.15, 0.2) is 72.4 Å². The number of aromatic nitrogens is 3. The topological polar surface area (TPSA) is 72.2 Å². The number of nitrogens with one attached hydrogen (secondary N) is 1. The molecule has 1 fully saturated rings. The highest BCUT2D eigenvalue weighted by Crippen LogP contribution is 2.37. The lowest BCUT2D eigenvalue weighted by Crippen LogP contribution is -2.40. The fourth-order valence-electron chi connectivity index (χ4n) is 4.56. The van der Waals surface area contributed by atoms with Gasteiger partial charge in [0.25, 0.3) is 0 Å². The van der Waals surface area contributed by atoms with Crippen LogP contribution in [-0.2, 0) is 11.3 Å². The molecule has 0 bridgehead atoms. The monoisotopic (exact) mass is 461 g/mol. The van der Waals surface area contributed by atoms with E-state index in [9.17, 15) is 9.59 Å². The summed E-state index contributed by atoms with van der Waals surface area (Å²) in [5, 5.41) is 8.86. The van der Waals surface area contributed by atoms with Crippen molar-refractivity contribution < 1.29 is 4.79 Å². The molecule has 5 rings (SSSR count). The molecule has 1 amide bonds. The summed E-state index contributed by atoms with van der Waals surface area (Å²) in [6, 6.07) is 11.2. The van der Waals surface area contributed by atoms with E-state index in [1.165, 1.54) is 18.2 Å². The van der Waals surface area contributed by atoms with E-state index in [-0.39, 0.29) is 17.4 Å². The molecule has 0 radical (unpaired) electrons. The highest BCUT2D eigenvalue weighted by molar-refractivity contribution is 6.48. The smallest absolute Gasteiger partial charge is 0.246 e. The summed E-state index contributed by atoms with van der Waals surface area (Å²) in [6.45, 7) is 5.57. The third-order valence-electron chi connectivity index (χ3n) is 6.21. The van der Waals surface area contributed by atoms with Crippen LogP contribution < -0.4 is 10.7 Å². The molecule has 0 unspecified atom stereocenters. The number of rotatable bonds is 4. The summed E-state index contributed by atoms with van der Waals surface area (Å²) in [4.78, 5) is 25.4. The summed E-state index contributed by atoms with van der Waals surface area (Å²) in [7, 11) is 0. The van der Waals surface area contributed by atoms with Crippen molar-refractivity contribution in [3.63, 3.8) is 0 Å². The number of fused-ring (bicyclic) bond motifs is 1. The third kappa shape index (κ3) is 4.00. The second kappa shape index (κ2) is 8.75. The van der Waals surface area contributed by atoms with Gasteiger partial charge in [-0.15, -0.1) is 0 Å². The minimum atomic E-state index is -0.0534. The van der Waals surface area contributed by atoms with Crippen molar-refractivity contribution >= 4 is 22.5 Å². The molecule has 4 heterocycles. The maximum Gasteiger partial charge on any atom is 0.246 e. The molecule has 3 aromatic rings. The molecule has 8 heteroatoms. The lowest BCUT2D eigenvalue weighted by atomic mass is 10.0. The van der Waals surface area contributed by atoms with Crippen LogP contribution in [0, 0.1) is 0 Å². The summed E-state index contributed by atoms with van der Waals surface area (Å²) < 4.78 is 3.90. The van der Waals surface area contributed by atoms with Crippen LogP contribution in [0.3, 0.4) is 0 Å². The van der Waals surface area contributed by atoms with Gasteiger partial charge >= 0.3 is 0 Å². The number of halogens is 1. The summed E-state index contributed by atoms with van der Waals surface area (Å²) in [5.41, 5.74) is 4.75. The van der Waals surface area contributed by atoms with Crippen molar-refractivity contribution in [3.8, 4) is 16.9 Å². The van der Waals surface area contributed by atoms with Gasteiger partial charge in [-0.3, -0.25) is 14.3 Å². The zero-order chi connectivity index (χ0) is 22.9. The second-order valence-electron chi connectivity index (χ2n) is 8.27. The number of benzene rings is 1. The quantitative estimate of drug-likeness (QED) is 0.601. The van der Waals surface area contributed by atoms with E-state index < -0.39 is 0 Å². The highest BCUT2D eigenvalue weighted by atomic mass is 35.5. The van der Waals surface area contributed by atoms with E-state index in [1.807, 2.05) is 38.4 Å². The number of piperidine rings is 1. The van der Waals surface area contributed by atoms with E-state index in [0.717, 1.165) is 47.6 Å². The second-order valence-corrected chi connectivity index (χ2v) is 8.67. The Morgan fingerprint density at radius 1 is 1.18 bits per heavy atom. The predicted molar refractivity (Wildman–Crippen MR) is 129 cm³/mol. The lowest BCUT2D eigenvalue weighted by Gasteiger charge is -2.33. The number of likely N-dealkylation sites (tertiary alicyclic amines) is 1. The van der Waals surface area contributed by atoms with Gasteiger partial charge in [-0.2, -0.15) is 5.10 Å². The molecule has 0 aliphatic carbocycles. The highest BCUT2D eigenvalue weighted by Gasteiger charge is 2.30. The Balaban J connectivity index is 1.52. The molecule has 2 aliphatic heterocycles. The van der Waals surface area contributed by atoms with Crippen LogP contribution in [0.25, 0.3) is 22.0 Å². The first kappa shape index (κ1) is 21.3. The fraction of sp³-hybridized carbons (Fsp3) is 0.240. The van der Waals surface area contributed by atoms with Crippen LogP contribution >= 0.6 is 11.6 Å². The van der Waals surface area contributed by atoms with Crippen molar-refractivity contribution in [2.75, 3.05) is 13.1 Å². The number of carbonyl (C=O) groups is 1. The van der Waals surface area contributed by atoms with Gasteiger partial charge in [-0.25, -0.2) is 0 Å². The molecule has 1 saturated heterocycles. The van der Waals surface area contributed by atoms with Crippen LogP contribution in [0.1, 0.15) is 30.1 Å². The van der Waals surface area contributed by atoms with Crippen LogP contribution in [0.4, 0.5) is 0 Å². The zero-order valence-electron chi connectivity index (χ0n) is 18.1. The summed E-state index contributed by atoms with van der Waals surface area (Å²) >= 11 is 6.63. The first-order valence-electron chi connectivity index (χ1n) is 11.0. The maximum atomic E-state index is 12.2. The molecule has 1 N–H and O–H groups in total. The largest absolute Gasteiger partial charge is 0.385 e. The normalized spacial score (nSPS) is 17.7. The number of carbonyl (C=O) groups excluding carboxylic acids is 1. The molecule has 2 aromatic heterocycles. The molecule has 7 nitrogen and oxygen atoms in total. The van der Waals surface area contributed by atoms with Crippen molar-refractivity contribution in [2.45, 2.75) is 25.4 Å². The number of amides is 1. The SMILES string of the molecule is C=CC(=O)N1CCC[C@@H](n2nc(-c3ccc(-n4ccc(=O)cc4)cc3)c3c2C(Cl)=CNC3)C1. The van der Waals surface area contributed by atoms with Gasteiger partial charge in [0.1, 0.15) is 0 Å². The first-order chi connectivity index (χ1) is 16.0. The average Bonchev–Trinajstić information content (AvgIpc) is 3.25. The van der Waals surface area contributed by atoms with Crippen molar-refractivity contribution in [1.29, 1.82) is 0 Å². The Bertz CT molecular complexity index is 1280. The Hall–Kier alpha value is -3.58. The molecule has 1 atom stereocenters. The zero-order valence-corrected chi connectivity index (χ0v) is 18.8. The maximum absolute atomic E-state index is 12.2. The van der Waals surface area contributed by atoms with Gasteiger partial charge in [-0.1, -0.05) is 30.3 Å². The van der Waals surface area contributed by atoms with Gasteiger partial charge in [0.2, 0.25) is 5.91 Å². The Morgan fingerprint density at radius 2 is 1.94 bits per heavy atom. The number of nitrogens with zero attached hydrogens (tertiary/aromatic N) is 4. The number of hydrogen-bond acceptors (Lipinski definition) is 4. The molecule has 0 spiro atoms. The number of pyridine rings is 1. The molecule has 168 valence electrons. The van der Waals surface area contributed by atoms with E-state index in [0.29, 0.717) is 18.1 Å². The van der Waals surface area contributed by atoms with Crippen LogP contribution in [0.2, 0.25) is 0 Å². The van der Waals surface area contributed by atoms with E-state index in [1.54, 1.807) is 18.6 Å². The lowest BCUT2D eigenvalue weighted by molar-refractivity contribution is -0.127. The molecule has 2 aliphatic rings.